The van der Waals surface area contributed by atoms with Crippen molar-refractivity contribution >= 4 is 5.96 Å². The smallest absolute Gasteiger partial charge is 0.218 e. The minimum absolute atomic E-state index is 0.525. The van der Waals surface area contributed by atoms with Gasteiger partial charge in [0.15, 0.2) is 5.96 Å². The number of guanidine groups is 1. The lowest BCUT2D eigenvalue weighted by Gasteiger charge is -2.21. The van der Waals surface area contributed by atoms with Gasteiger partial charge in [-0.25, -0.2) is 9.98 Å². The molecule has 1 aliphatic heterocycles. The molecule has 122 valence electrons. The maximum Gasteiger partial charge on any atom is 0.218 e. The minimum atomic E-state index is 0.525. The van der Waals surface area contributed by atoms with E-state index in [9.17, 15) is 0 Å². The Kier molecular flexibility index (Phi) is 7.00. The molecule has 2 heterocycles. The fraction of sp³-hybridized carbons (Fsp3) is 0.647. The molecule has 2 N–H and O–H groups in total. The Morgan fingerprint density at radius 1 is 1.32 bits per heavy atom. The molecular weight excluding hydrogens is 276 g/mol. The first-order valence-electron chi connectivity index (χ1n) is 8.43. The highest BCUT2D eigenvalue weighted by atomic mass is 16.5. The van der Waals surface area contributed by atoms with Gasteiger partial charge in [0.25, 0.3) is 0 Å². The molecule has 1 fully saturated rings. The average Bonchev–Trinajstić information content (AvgIpc) is 2.83. The number of pyridine rings is 1. The molecule has 0 unspecified atom stereocenters. The van der Waals surface area contributed by atoms with E-state index >= 15 is 0 Å². The van der Waals surface area contributed by atoms with Gasteiger partial charge in [-0.05, 0) is 25.3 Å². The van der Waals surface area contributed by atoms with E-state index in [-0.39, 0.29) is 0 Å². The number of nitrogens with zero attached hydrogens (tertiary/aromatic N) is 3. The van der Waals surface area contributed by atoms with Crippen molar-refractivity contribution in [2.24, 2.45) is 10.7 Å². The molecule has 0 aromatic carbocycles. The quantitative estimate of drug-likeness (QED) is 0.498. The van der Waals surface area contributed by atoms with Gasteiger partial charge in [-0.3, -0.25) is 0 Å². The normalized spacial score (nSPS) is 16.4. The highest BCUT2D eigenvalue weighted by molar-refractivity contribution is 5.78. The molecule has 5 nitrogen and oxygen atoms in total. The van der Waals surface area contributed by atoms with Gasteiger partial charge in [0, 0.05) is 24.8 Å². The van der Waals surface area contributed by atoms with Crippen LogP contribution in [0.2, 0.25) is 0 Å². The molecule has 0 saturated carbocycles. The van der Waals surface area contributed by atoms with Gasteiger partial charge in [0.1, 0.15) is 0 Å². The zero-order valence-electron chi connectivity index (χ0n) is 13.6. The van der Waals surface area contributed by atoms with Crippen LogP contribution in [0.5, 0.6) is 5.88 Å². The summed E-state index contributed by atoms with van der Waals surface area (Å²) < 4.78 is 5.74. The fourth-order valence-electron chi connectivity index (χ4n) is 2.55. The molecule has 2 rings (SSSR count). The summed E-state index contributed by atoms with van der Waals surface area (Å²) in [5, 5.41) is 0. The van der Waals surface area contributed by atoms with E-state index in [1.807, 2.05) is 12.1 Å². The lowest BCUT2D eigenvalue weighted by Crippen LogP contribution is -2.38. The molecule has 1 aliphatic rings. The van der Waals surface area contributed by atoms with Crippen LogP contribution < -0.4 is 10.5 Å². The van der Waals surface area contributed by atoms with Gasteiger partial charge < -0.3 is 15.4 Å². The highest BCUT2D eigenvalue weighted by Gasteiger charge is 2.11. The molecule has 0 bridgehead atoms. The monoisotopic (exact) mass is 304 g/mol. The summed E-state index contributed by atoms with van der Waals surface area (Å²) in [5.41, 5.74) is 7.15. The van der Waals surface area contributed by atoms with Gasteiger partial charge in [-0.1, -0.05) is 32.3 Å². The first-order valence-corrected chi connectivity index (χ1v) is 8.43. The molecule has 0 radical (unpaired) electrons. The van der Waals surface area contributed by atoms with E-state index in [0.717, 1.165) is 31.5 Å². The van der Waals surface area contributed by atoms with Crippen molar-refractivity contribution in [1.82, 2.24) is 9.88 Å². The van der Waals surface area contributed by atoms with E-state index in [4.69, 9.17) is 10.5 Å². The van der Waals surface area contributed by atoms with Crippen LogP contribution in [0.25, 0.3) is 0 Å². The summed E-state index contributed by atoms with van der Waals surface area (Å²) in [5.74, 6) is 1.33. The van der Waals surface area contributed by atoms with Gasteiger partial charge >= 0.3 is 0 Å². The molecule has 5 heteroatoms. The largest absolute Gasteiger partial charge is 0.477 e. The van der Waals surface area contributed by atoms with Crippen LogP contribution >= 0.6 is 0 Å². The van der Waals surface area contributed by atoms with Crippen molar-refractivity contribution in [2.45, 2.75) is 52.0 Å². The summed E-state index contributed by atoms with van der Waals surface area (Å²) in [6.45, 7) is 5.41. The molecule has 0 aliphatic carbocycles. The number of ether oxygens (including phenoxy) is 1. The molecule has 22 heavy (non-hydrogen) atoms. The zero-order valence-corrected chi connectivity index (χ0v) is 13.6. The average molecular weight is 304 g/mol. The number of likely N-dealkylation sites (tertiary alicyclic amines) is 1. The molecule has 1 aromatic rings. The SMILES string of the molecule is CCCCOc1ncccc1CN=C(N)N1CCCCCC1. The first kappa shape index (κ1) is 16.6. The second-order valence-electron chi connectivity index (χ2n) is 5.75. The highest BCUT2D eigenvalue weighted by Crippen LogP contribution is 2.16. The zero-order chi connectivity index (χ0) is 15.6. The minimum Gasteiger partial charge on any atom is -0.477 e. The number of unbranched alkanes of at least 4 members (excludes halogenated alkanes) is 1. The topological polar surface area (TPSA) is 63.7 Å². The van der Waals surface area contributed by atoms with Gasteiger partial charge in [0.2, 0.25) is 5.88 Å². The van der Waals surface area contributed by atoms with Crippen LogP contribution in [0.3, 0.4) is 0 Å². The molecule has 0 atom stereocenters. The standard InChI is InChI=1S/C17H28N4O/c1-2-3-13-22-16-15(9-8-10-19-16)14-20-17(18)21-11-6-4-5-7-12-21/h8-10H,2-7,11-14H2,1H3,(H2,18,20). The first-order chi connectivity index (χ1) is 10.8. The third-order valence-electron chi connectivity index (χ3n) is 3.93. The fourth-order valence-corrected chi connectivity index (χ4v) is 2.55. The number of hydrogen-bond donors (Lipinski definition) is 1. The van der Waals surface area contributed by atoms with E-state index < -0.39 is 0 Å². The summed E-state index contributed by atoms with van der Waals surface area (Å²) in [6, 6.07) is 3.92. The predicted molar refractivity (Wildman–Crippen MR) is 90.0 cm³/mol. The van der Waals surface area contributed by atoms with E-state index in [1.165, 1.54) is 25.7 Å². The van der Waals surface area contributed by atoms with E-state index in [2.05, 4.69) is 21.8 Å². The summed E-state index contributed by atoms with van der Waals surface area (Å²) in [6.07, 6.45) is 8.90. The van der Waals surface area contributed by atoms with E-state index in [0.29, 0.717) is 25.0 Å². The predicted octanol–water partition coefficient (Wildman–Crippen LogP) is 2.95. The Morgan fingerprint density at radius 2 is 2.09 bits per heavy atom. The van der Waals surface area contributed by atoms with Crippen molar-refractivity contribution in [3.8, 4) is 5.88 Å². The van der Waals surface area contributed by atoms with Gasteiger partial charge in [-0.15, -0.1) is 0 Å². The third kappa shape index (κ3) is 5.20. The number of hydrogen-bond acceptors (Lipinski definition) is 3. The number of aliphatic imine (C=N–C) groups is 1. The summed E-state index contributed by atoms with van der Waals surface area (Å²) in [7, 11) is 0. The van der Waals surface area contributed by atoms with Gasteiger partial charge in [0.05, 0.1) is 13.2 Å². The molecular formula is C17H28N4O. The third-order valence-corrected chi connectivity index (χ3v) is 3.93. The number of nitrogens with two attached hydrogens (primary N) is 1. The Balaban J connectivity index is 1.95. The van der Waals surface area contributed by atoms with Gasteiger partial charge in [-0.2, -0.15) is 0 Å². The number of aromatic nitrogens is 1. The maximum absolute atomic E-state index is 6.15. The second kappa shape index (κ2) is 9.28. The van der Waals surface area contributed by atoms with Crippen LogP contribution in [0.15, 0.2) is 23.3 Å². The lowest BCUT2D eigenvalue weighted by atomic mass is 10.2. The Labute approximate surface area is 133 Å². The summed E-state index contributed by atoms with van der Waals surface area (Å²) >= 11 is 0. The number of rotatable bonds is 6. The van der Waals surface area contributed by atoms with Crippen molar-refractivity contribution in [3.05, 3.63) is 23.9 Å². The van der Waals surface area contributed by atoms with Crippen molar-refractivity contribution in [3.63, 3.8) is 0 Å². The molecule has 1 saturated heterocycles. The summed E-state index contributed by atoms with van der Waals surface area (Å²) in [4.78, 5) is 11.1. The maximum atomic E-state index is 6.15. The van der Waals surface area contributed by atoms with Crippen molar-refractivity contribution < 1.29 is 4.74 Å². The molecule has 0 amide bonds. The van der Waals surface area contributed by atoms with Crippen LogP contribution in [0.1, 0.15) is 51.0 Å². The van der Waals surface area contributed by atoms with Crippen LogP contribution in [-0.4, -0.2) is 35.5 Å². The van der Waals surface area contributed by atoms with Crippen LogP contribution in [0.4, 0.5) is 0 Å². The van der Waals surface area contributed by atoms with E-state index in [1.54, 1.807) is 6.20 Å². The van der Waals surface area contributed by atoms with Crippen molar-refractivity contribution in [2.75, 3.05) is 19.7 Å². The molecule has 1 aromatic heterocycles. The Bertz CT molecular complexity index is 467. The Hall–Kier alpha value is -1.78. The lowest BCUT2D eigenvalue weighted by molar-refractivity contribution is 0.294. The van der Waals surface area contributed by atoms with Crippen LogP contribution in [0, 0.1) is 0 Å². The molecule has 0 spiro atoms. The van der Waals surface area contributed by atoms with Crippen molar-refractivity contribution in [1.29, 1.82) is 0 Å². The second-order valence-corrected chi connectivity index (χ2v) is 5.75. The van der Waals surface area contributed by atoms with Crippen LogP contribution in [-0.2, 0) is 6.54 Å². The Morgan fingerprint density at radius 3 is 2.82 bits per heavy atom.